The van der Waals surface area contributed by atoms with Crippen LogP contribution >= 0.6 is 11.6 Å². The van der Waals surface area contributed by atoms with Crippen LogP contribution in [0.3, 0.4) is 0 Å². The van der Waals surface area contributed by atoms with Crippen molar-refractivity contribution in [1.29, 1.82) is 0 Å². The number of nitrogens with one attached hydrogen (secondary N) is 1. The van der Waals surface area contributed by atoms with Gasteiger partial charge in [-0.15, -0.1) is 0 Å². The first-order valence-corrected chi connectivity index (χ1v) is 6.58. The van der Waals surface area contributed by atoms with E-state index >= 15 is 0 Å². The van der Waals surface area contributed by atoms with Crippen molar-refractivity contribution in [2.45, 2.75) is 32.2 Å². The lowest BCUT2D eigenvalue weighted by Gasteiger charge is -2.29. The summed E-state index contributed by atoms with van der Waals surface area (Å²) in [6, 6.07) is 2.13. The maximum absolute atomic E-state index is 5.82. The van der Waals surface area contributed by atoms with E-state index in [1.54, 1.807) is 6.07 Å². The number of anilines is 1. The highest BCUT2D eigenvalue weighted by Gasteiger charge is 2.13. The fraction of sp³-hybridized carbons (Fsp3) is 0.667. The van der Waals surface area contributed by atoms with E-state index in [0.29, 0.717) is 11.2 Å². The molecule has 17 heavy (non-hydrogen) atoms. The number of nitrogens with zero attached hydrogens (tertiary/aromatic N) is 3. The van der Waals surface area contributed by atoms with E-state index in [2.05, 4.69) is 27.1 Å². The zero-order valence-electron chi connectivity index (χ0n) is 10.2. The molecular formula is C12H19ClN4. The third kappa shape index (κ3) is 4.13. The largest absolute Gasteiger partial charge is 0.366 e. The van der Waals surface area contributed by atoms with Gasteiger partial charge in [0.25, 0.3) is 0 Å². The van der Waals surface area contributed by atoms with Gasteiger partial charge in [0.2, 0.25) is 0 Å². The number of rotatable bonds is 4. The summed E-state index contributed by atoms with van der Waals surface area (Å²) in [6.07, 6.45) is 5.51. The van der Waals surface area contributed by atoms with E-state index in [0.717, 1.165) is 12.4 Å². The van der Waals surface area contributed by atoms with E-state index in [1.807, 2.05) is 0 Å². The molecule has 0 aliphatic carbocycles. The van der Waals surface area contributed by atoms with Crippen LogP contribution in [0.15, 0.2) is 12.4 Å². The first kappa shape index (κ1) is 12.6. The smallest absolute Gasteiger partial charge is 0.134 e. The monoisotopic (exact) mass is 254 g/mol. The second kappa shape index (κ2) is 6.17. The maximum Gasteiger partial charge on any atom is 0.134 e. The van der Waals surface area contributed by atoms with Gasteiger partial charge in [-0.2, -0.15) is 0 Å². The van der Waals surface area contributed by atoms with Gasteiger partial charge in [0, 0.05) is 18.7 Å². The van der Waals surface area contributed by atoms with Gasteiger partial charge in [-0.1, -0.05) is 18.0 Å². The molecule has 0 amide bonds. The van der Waals surface area contributed by atoms with Gasteiger partial charge in [-0.3, -0.25) is 0 Å². The normalized spacial score (nSPS) is 18.9. The summed E-state index contributed by atoms with van der Waals surface area (Å²) in [7, 11) is 0. The quantitative estimate of drug-likeness (QED) is 0.838. The topological polar surface area (TPSA) is 41.0 Å². The lowest BCUT2D eigenvalue weighted by atomic mass is 10.1. The van der Waals surface area contributed by atoms with Crippen LogP contribution in [0.5, 0.6) is 0 Å². The highest BCUT2D eigenvalue weighted by atomic mass is 35.5. The van der Waals surface area contributed by atoms with E-state index in [1.165, 1.54) is 38.7 Å². The molecule has 0 radical (unpaired) electrons. The molecule has 5 heteroatoms. The Kier molecular flexibility index (Phi) is 4.57. The van der Waals surface area contributed by atoms with Crippen molar-refractivity contribution < 1.29 is 0 Å². The SMILES string of the molecule is CC(CN1CCCCC1)Nc1cc(Cl)ncn1. The van der Waals surface area contributed by atoms with E-state index in [9.17, 15) is 0 Å². The molecule has 1 aliphatic heterocycles. The average Bonchev–Trinajstić information content (AvgIpc) is 2.30. The van der Waals surface area contributed by atoms with Crippen molar-refractivity contribution in [3.8, 4) is 0 Å². The van der Waals surface area contributed by atoms with Crippen LogP contribution in [0.25, 0.3) is 0 Å². The zero-order chi connectivity index (χ0) is 12.1. The van der Waals surface area contributed by atoms with Gasteiger partial charge in [0.05, 0.1) is 0 Å². The molecule has 1 aromatic rings. The standard InChI is InChI=1S/C12H19ClN4/c1-10(8-17-5-3-2-4-6-17)16-12-7-11(13)14-9-15-12/h7,9-10H,2-6,8H2,1H3,(H,14,15,16). The predicted molar refractivity (Wildman–Crippen MR) is 70.4 cm³/mol. The second-order valence-corrected chi connectivity index (χ2v) is 5.02. The Bertz CT molecular complexity index is 352. The van der Waals surface area contributed by atoms with Gasteiger partial charge >= 0.3 is 0 Å². The summed E-state index contributed by atoms with van der Waals surface area (Å²) in [5, 5.41) is 3.83. The third-order valence-electron chi connectivity index (χ3n) is 3.01. The molecule has 0 saturated carbocycles. The average molecular weight is 255 g/mol. The number of halogens is 1. The minimum absolute atomic E-state index is 0.374. The summed E-state index contributed by atoms with van der Waals surface area (Å²) in [5.41, 5.74) is 0. The van der Waals surface area contributed by atoms with Crippen LogP contribution in [0.2, 0.25) is 5.15 Å². The number of aromatic nitrogens is 2. The van der Waals surface area contributed by atoms with Crippen molar-refractivity contribution in [2.24, 2.45) is 0 Å². The van der Waals surface area contributed by atoms with Crippen molar-refractivity contribution in [3.63, 3.8) is 0 Å². The summed E-state index contributed by atoms with van der Waals surface area (Å²) < 4.78 is 0. The van der Waals surface area contributed by atoms with Crippen molar-refractivity contribution >= 4 is 17.4 Å². The van der Waals surface area contributed by atoms with Gasteiger partial charge in [0.15, 0.2) is 0 Å². The predicted octanol–water partition coefficient (Wildman–Crippen LogP) is 2.42. The minimum atomic E-state index is 0.374. The lowest BCUT2D eigenvalue weighted by molar-refractivity contribution is 0.223. The van der Waals surface area contributed by atoms with Gasteiger partial charge in [0.1, 0.15) is 17.3 Å². The molecule has 1 unspecified atom stereocenters. The lowest BCUT2D eigenvalue weighted by Crippen LogP contribution is -2.38. The second-order valence-electron chi connectivity index (χ2n) is 4.63. The van der Waals surface area contributed by atoms with Crippen LogP contribution < -0.4 is 5.32 Å². The molecule has 94 valence electrons. The Hall–Kier alpha value is -0.870. The van der Waals surface area contributed by atoms with Crippen LogP contribution in [0.4, 0.5) is 5.82 Å². The van der Waals surface area contributed by atoms with Gasteiger partial charge in [-0.05, 0) is 32.9 Å². The molecule has 4 nitrogen and oxygen atoms in total. The van der Waals surface area contributed by atoms with Crippen molar-refractivity contribution in [2.75, 3.05) is 25.0 Å². The molecule has 1 N–H and O–H groups in total. The molecule has 1 aliphatic rings. The number of hydrogen-bond acceptors (Lipinski definition) is 4. The Morgan fingerprint density at radius 3 is 2.82 bits per heavy atom. The van der Waals surface area contributed by atoms with Crippen LogP contribution in [-0.4, -0.2) is 40.5 Å². The molecule has 1 saturated heterocycles. The number of hydrogen-bond donors (Lipinski definition) is 1. The summed E-state index contributed by atoms with van der Waals surface area (Å²) >= 11 is 5.82. The van der Waals surface area contributed by atoms with Crippen LogP contribution in [-0.2, 0) is 0 Å². The zero-order valence-corrected chi connectivity index (χ0v) is 11.0. The first-order chi connectivity index (χ1) is 8.24. The van der Waals surface area contributed by atoms with Crippen LogP contribution in [0, 0.1) is 0 Å². The highest BCUT2D eigenvalue weighted by Crippen LogP contribution is 2.12. The Balaban J connectivity index is 1.82. The minimum Gasteiger partial charge on any atom is -0.366 e. The van der Waals surface area contributed by atoms with Crippen molar-refractivity contribution in [3.05, 3.63) is 17.5 Å². The molecule has 2 rings (SSSR count). The molecule has 1 aromatic heterocycles. The fourth-order valence-corrected chi connectivity index (χ4v) is 2.39. The number of likely N-dealkylation sites (tertiary alicyclic amines) is 1. The van der Waals surface area contributed by atoms with E-state index in [-0.39, 0.29) is 0 Å². The molecule has 1 fully saturated rings. The Morgan fingerprint density at radius 1 is 1.35 bits per heavy atom. The third-order valence-corrected chi connectivity index (χ3v) is 3.22. The molecule has 2 heterocycles. The molecule has 1 atom stereocenters. The Morgan fingerprint density at radius 2 is 2.12 bits per heavy atom. The fourth-order valence-electron chi connectivity index (χ4n) is 2.24. The molecular weight excluding hydrogens is 236 g/mol. The maximum atomic E-state index is 5.82. The molecule has 0 spiro atoms. The Labute approximate surface area is 107 Å². The molecule has 0 bridgehead atoms. The summed E-state index contributed by atoms with van der Waals surface area (Å²) in [4.78, 5) is 10.5. The van der Waals surface area contributed by atoms with Crippen LogP contribution in [0.1, 0.15) is 26.2 Å². The van der Waals surface area contributed by atoms with Crippen molar-refractivity contribution in [1.82, 2.24) is 14.9 Å². The van der Waals surface area contributed by atoms with Gasteiger partial charge in [-0.25, -0.2) is 9.97 Å². The molecule has 0 aromatic carbocycles. The first-order valence-electron chi connectivity index (χ1n) is 6.20. The van der Waals surface area contributed by atoms with E-state index in [4.69, 9.17) is 11.6 Å². The van der Waals surface area contributed by atoms with Gasteiger partial charge < -0.3 is 10.2 Å². The summed E-state index contributed by atoms with van der Waals surface area (Å²) in [6.45, 7) is 5.67. The van der Waals surface area contributed by atoms with E-state index < -0.39 is 0 Å². The number of piperidine rings is 1. The summed E-state index contributed by atoms with van der Waals surface area (Å²) in [5.74, 6) is 0.800. The highest BCUT2D eigenvalue weighted by molar-refractivity contribution is 6.29.